The van der Waals surface area contributed by atoms with Crippen LogP contribution in [0.1, 0.15) is 30.5 Å². The van der Waals surface area contributed by atoms with Crippen molar-refractivity contribution in [3.8, 4) is 0 Å². The molecule has 0 bridgehead atoms. The summed E-state index contributed by atoms with van der Waals surface area (Å²) >= 11 is 0. The van der Waals surface area contributed by atoms with Crippen LogP contribution in [0.5, 0.6) is 0 Å². The molecule has 1 saturated carbocycles. The van der Waals surface area contributed by atoms with Crippen LogP contribution in [0.15, 0.2) is 21.9 Å². The van der Waals surface area contributed by atoms with Crippen molar-refractivity contribution in [3.05, 3.63) is 33.7 Å². The molecule has 1 aliphatic carbocycles. The van der Waals surface area contributed by atoms with Crippen LogP contribution in [0, 0.1) is 12.8 Å². The number of pyridine rings is 1. The van der Waals surface area contributed by atoms with E-state index in [-0.39, 0.29) is 5.56 Å². The molecule has 0 aromatic carbocycles. The zero-order valence-corrected chi connectivity index (χ0v) is 11.6. The Hall–Kier alpha value is -1.78. The molecule has 1 aliphatic rings. The fourth-order valence-electron chi connectivity index (χ4n) is 2.07. The normalized spacial score (nSPS) is 16.2. The summed E-state index contributed by atoms with van der Waals surface area (Å²) in [6.45, 7) is 3.13. The summed E-state index contributed by atoms with van der Waals surface area (Å²) in [4.78, 5) is 16.2. The Balaban J connectivity index is 1.93. The van der Waals surface area contributed by atoms with Crippen LogP contribution in [-0.4, -0.2) is 17.1 Å². The summed E-state index contributed by atoms with van der Waals surface area (Å²) in [6, 6.07) is 3.74. The third-order valence-corrected chi connectivity index (χ3v) is 3.85. The number of aryl methyl sites for hydroxylation is 1. The predicted molar refractivity (Wildman–Crippen MR) is 77.1 cm³/mol. The Morgan fingerprint density at radius 3 is 2.89 bits per heavy atom. The molecule has 5 heteroatoms. The van der Waals surface area contributed by atoms with Gasteiger partial charge in [-0.2, -0.15) is 0 Å². The number of nitrogens with zero attached hydrogens (tertiary/aromatic N) is 2. The van der Waals surface area contributed by atoms with Crippen molar-refractivity contribution in [2.45, 2.75) is 32.7 Å². The van der Waals surface area contributed by atoms with Gasteiger partial charge in [-0.1, -0.05) is 6.42 Å². The highest BCUT2D eigenvalue weighted by molar-refractivity contribution is 5.77. The lowest BCUT2D eigenvalue weighted by molar-refractivity contribution is 0.315. The smallest absolute Gasteiger partial charge is 0.255 e. The number of rotatable bonds is 4. The van der Waals surface area contributed by atoms with Gasteiger partial charge in [-0.25, -0.2) is 4.99 Å². The average molecular weight is 262 g/mol. The molecule has 0 unspecified atom stereocenters. The molecule has 0 amide bonds. The second-order valence-electron chi connectivity index (χ2n) is 5.24. The lowest BCUT2D eigenvalue weighted by Crippen LogP contribution is -2.37. The number of hydrogen-bond donors (Lipinski definition) is 2. The van der Waals surface area contributed by atoms with E-state index in [0.717, 1.165) is 18.2 Å². The number of nitrogens with one attached hydrogen (secondary N) is 1. The van der Waals surface area contributed by atoms with Gasteiger partial charge in [0, 0.05) is 24.8 Å². The van der Waals surface area contributed by atoms with E-state index in [2.05, 4.69) is 10.3 Å². The molecule has 3 N–H and O–H groups in total. The van der Waals surface area contributed by atoms with Gasteiger partial charge < -0.3 is 15.6 Å². The molecule has 0 aliphatic heterocycles. The number of nitrogens with two attached hydrogens (primary N) is 1. The SMILES string of the molecule is Cc1ccc(CN=C(N)NCC2CCC2)c(=O)n1C. The highest BCUT2D eigenvalue weighted by Crippen LogP contribution is 2.24. The van der Waals surface area contributed by atoms with E-state index in [1.807, 2.05) is 19.1 Å². The molecule has 1 heterocycles. The Morgan fingerprint density at radius 1 is 1.53 bits per heavy atom. The summed E-state index contributed by atoms with van der Waals surface area (Å²) in [5.41, 5.74) is 7.40. The molecule has 1 aromatic rings. The molecule has 2 rings (SSSR count). The number of hydrogen-bond acceptors (Lipinski definition) is 2. The molecular weight excluding hydrogens is 240 g/mol. The molecule has 0 radical (unpaired) electrons. The topological polar surface area (TPSA) is 72.4 Å². The lowest BCUT2D eigenvalue weighted by Gasteiger charge is -2.25. The van der Waals surface area contributed by atoms with Gasteiger partial charge in [0.05, 0.1) is 6.54 Å². The van der Waals surface area contributed by atoms with E-state index in [1.165, 1.54) is 19.3 Å². The van der Waals surface area contributed by atoms with Crippen LogP contribution in [0.3, 0.4) is 0 Å². The summed E-state index contributed by atoms with van der Waals surface area (Å²) in [7, 11) is 1.77. The van der Waals surface area contributed by atoms with Gasteiger partial charge in [0.15, 0.2) is 5.96 Å². The van der Waals surface area contributed by atoms with E-state index in [9.17, 15) is 4.79 Å². The van der Waals surface area contributed by atoms with Crippen LogP contribution in [-0.2, 0) is 13.6 Å². The molecule has 1 fully saturated rings. The summed E-state index contributed by atoms with van der Waals surface area (Å²) in [6.07, 6.45) is 3.88. The van der Waals surface area contributed by atoms with Crippen molar-refractivity contribution < 1.29 is 0 Å². The Bertz CT molecular complexity index is 529. The molecular formula is C14H22N4O. The first kappa shape index (κ1) is 13.6. The van der Waals surface area contributed by atoms with Crippen LogP contribution in [0.4, 0.5) is 0 Å². The minimum atomic E-state index is -0.00413. The first-order valence-electron chi connectivity index (χ1n) is 6.77. The van der Waals surface area contributed by atoms with Gasteiger partial charge in [0.25, 0.3) is 5.56 Å². The van der Waals surface area contributed by atoms with Gasteiger partial charge >= 0.3 is 0 Å². The highest BCUT2D eigenvalue weighted by atomic mass is 16.1. The predicted octanol–water partition coefficient (Wildman–Crippen LogP) is 0.898. The van der Waals surface area contributed by atoms with Crippen molar-refractivity contribution in [3.63, 3.8) is 0 Å². The van der Waals surface area contributed by atoms with Crippen LogP contribution in [0.25, 0.3) is 0 Å². The maximum absolute atomic E-state index is 12.0. The monoisotopic (exact) mass is 262 g/mol. The third kappa shape index (κ3) is 3.36. The molecule has 5 nitrogen and oxygen atoms in total. The van der Waals surface area contributed by atoms with E-state index in [4.69, 9.17) is 5.73 Å². The average Bonchev–Trinajstić information content (AvgIpc) is 2.33. The molecule has 19 heavy (non-hydrogen) atoms. The van der Waals surface area contributed by atoms with Crippen molar-refractivity contribution in [1.82, 2.24) is 9.88 Å². The maximum Gasteiger partial charge on any atom is 0.255 e. The van der Waals surface area contributed by atoms with E-state index < -0.39 is 0 Å². The lowest BCUT2D eigenvalue weighted by atomic mass is 9.85. The summed E-state index contributed by atoms with van der Waals surface area (Å²) in [5.74, 6) is 1.16. The minimum absolute atomic E-state index is 0.00413. The maximum atomic E-state index is 12.0. The second kappa shape index (κ2) is 5.91. The Labute approximate surface area is 113 Å². The summed E-state index contributed by atoms with van der Waals surface area (Å²) < 4.78 is 1.63. The minimum Gasteiger partial charge on any atom is -0.370 e. The fourth-order valence-corrected chi connectivity index (χ4v) is 2.07. The molecule has 104 valence electrons. The zero-order valence-electron chi connectivity index (χ0n) is 11.6. The summed E-state index contributed by atoms with van der Waals surface area (Å²) in [5, 5.41) is 3.12. The van der Waals surface area contributed by atoms with Crippen molar-refractivity contribution >= 4 is 5.96 Å². The van der Waals surface area contributed by atoms with Gasteiger partial charge in [0.1, 0.15) is 0 Å². The van der Waals surface area contributed by atoms with E-state index in [0.29, 0.717) is 18.1 Å². The van der Waals surface area contributed by atoms with Gasteiger partial charge in [-0.05, 0) is 37.8 Å². The van der Waals surface area contributed by atoms with Crippen molar-refractivity contribution in [1.29, 1.82) is 0 Å². The van der Waals surface area contributed by atoms with Gasteiger partial charge in [-0.3, -0.25) is 4.79 Å². The fraction of sp³-hybridized carbons (Fsp3) is 0.571. The van der Waals surface area contributed by atoms with E-state index in [1.54, 1.807) is 11.6 Å². The zero-order chi connectivity index (χ0) is 13.8. The Kier molecular flexibility index (Phi) is 4.24. The first-order valence-corrected chi connectivity index (χ1v) is 6.77. The van der Waals surface area contributed by atoms with Gasteiger partial charge in [-0.15, -0.1) is 0 Å². The van der Waals surface area contributed by atoms with E-state index >= 15 is 0 Å². The molecule has 1 aromatic heterocycles. The van der Waals surface area contributed by atoms with Crippen molar-refractivity contribution in [2.24, 2.45) is 23.7 Å². The highest BCUT2D eigenvalue weighted by Gasteiger charge is 2.16. The Morgan fingerprint density at radius 2 is 2.26 bits per heavy atom. The third-order valence-electron chi connectivity index (χ3n) is 3.85. The molecule has 0 atom stereocenters. The molecule has 0 spiro atoms. The number of aliphatic imine (C=N–C) groups is 1. The van der Waals surface area contributed by atoms with Crippen LogP contribution in [0.2, 0.25) is 0 Å². The van der Waals surface area contributed by atoms with Gasteiger partial charge in [0.2, 0.25) is 0 Å². The number of guanidine groups is 1. The standard InChI is InChI=1S/C14H22N4O/c1-10-6-7-12(13(19)18(10)2)9-17-14(15)16-8-11-4-3-5-11/h6-7,11H,3-5,8-9H2,1-2H3,(H3,15,16,17). The number of aromatic nitrogens is 1. The largest absolute Gasteiger partial charge is 0.370 e. The van der Waals surface area contributed by atoms with Crippen LogP contribution < -0.4 is 16.6 Å². The molecule has 0 saturated heterocycles. The van der Waals surface area contributed by atoms with Crippen LogP contribution >= 0.6 is 0 Å². The second-order valence-corrected chi connectivity index (χ2v) is 5.24. The van der Waals surface area contributed by atoms with Crippen molar-refractivity contribution in [2.75, 3.05) is 6.54 Å². The first-order chi connectivity index (χ1) is 9.08. The quantitative estimate of drug-likeness (QED) is 0.625.